The van der Waals surface area contributed by atoms with Crippen molar-refractivity contribution in [3.63, 3.8) is 0 Å². The molecule has 1 fully saturated rings. The predicted octanol–water partition coefficient (Wildman–Crippen LogP) is 1.73. The van der Waals surface area contributed by atoms with E-state index in [0.29, 0.717) is 19.1 Å². The second-order valence-corrected chi connectivity index (χ2v) is 6.20. The van der Waals surface area contributed by atoms with Crippen molar-refractivity contribution in [2.45, 2.75) is 40.3 Å². The van der Waals surface area contributed by atoms with Gasteiger partial charge >= 0.3 is 5.97 Å². The first kappa shape index (κ1) is 15.0. The van der Waals surface area contributed by atoms with Gasteiger partial charge in [0.2, 0.25) is 0 Å². The number of rotatable bonds is 6. The summed E-state index contributed by atoms with van der Waals surface area (Å²) in [5.74, 6) is 1.27. The van der Waals surface area contributed by atoms with Gasteiger partial charge in [-0.05, 0) is 25.2 Å². The molecular formula is C15H25N3O2. The van der Waals surface area contributed by atoms with E-state index in [4.69, 9.17) is 4.74 Å². The van der Waals surface area contributed by atoms with E-state index in [1.54, 1.807) is 6.20 Å². The van der Waals surface area contributed by atoms with Gasteiger partial charge in [0.25, 0.3) is 0 Å². The molecular weight excluding hydrogens is 254 g/mol. The van der Waals surface area contributed by atoms with Crippen molar-refractivity contribution in [3.05, 3.63) is 18.2 Å². The van der Waals surface area contributed by atoms with Gasteiger partial charge in [0, 0.05) is 25.5 Å². The number of aryl methyl sites for hydroxylation is 1. The van der Waals surface area contributed by atoms with Crippen LogP contribution in [0.15, 0.2) is 12.4 Å². The molecule has 112 valence electrons. The van der Waals surface area contributed by atoms with Crippen LogP contribution >= 0.6 is 0 Å². The molecule has 5 nitrogen and oxygen atoms in total. The highest BCUT2D eigenvalue weighted by Crippen LogP contribution is 2.60. The fourth-order valence-corrected chi connectivity index (χ4v) is 3.24. The number of nitrogens with zero attached hydrogens (tertiary/aromatic N) is 2. The minimum absolute atomic E-state index is 0.00585. The van der Waals surface area contributed by atoms with Gasteiger partial charge in [0.15, 0.2) is 0 Å². The lowest BCUT2D eigenvalue weighted by Crippen LogP contribution is -2.30. The summed E-state index contributed by atoms with van der Waals surface area (Å²) >= 11 is 0. The Bertz CT molecular complexity index is 481. The molecule has 0 spiro atoms. The molecule has 0 aromatic carbocycles. The highest BCUT2D eigenvalue weighted by atomic mass is 16.5. The van der Waals surface area contributed by atoms with Gasteiger partial charge in [-0.15, -0.1) is 0 Å². The number of nitrogens with one attached hydrogen (secondary N) is 1. The van der Waals surface area contributed by atoms with Crippen molar-refractivity contribution in [1.82, 2.24) is 14.9 Å². The van der Waals surface area contributed by atoms with E-state index in [9.17, 15) is 4.79 Å². The maximum Gasteiger partial charge on any atom is 0.309 e. The second kappa shape index (κ2) is 5.56. The van der Waals surface area contributed by atoms with Crippen LogP contribution in [0.3, 0.4) is 0 Å². The molecule has 20 heavy (non-hydrogen) atoms. The molecule has 0 bridgehead atoms. The molecule has 1 aliphatic carbocycles. The van der Waals surface area contributed by atoms with Gasteiger partial charge < -0.3 is 14.6 Å². The molecule has 1 N–H and O–H groups in total. The summed E-state index contributed by atoms with van der Waals surface area (Å²) in [5.41, 5.74) is 0.0142. The second-order valence-electron chi connectivity index (χ2n) is 6.20. The van der Waals surface area contributed by atoms with Crippen LogP contribution in [-0.4, -0.2) is 28.2 Å². The molecule has 1 aromatic rings. The maximum atomic E-state index is 12.0. The third-order valence-corrected chi connectivity index (χ3v) is 4.49. The Balaban J connectivity index is 1.91. The van der Waals surface area contributed by atoms with E-state index in [1.807, 2.05) is 24.7 Å². The third-order valence-electron chi connectivity index (χ3n) is 4.49. The molecule has 1 saturated carbocycles. The SMILES string of the molecule is CCOC(=O)[C@@H]1[C@@H](C(C)NCc2nccn2C)C1(C)C. The van der Waals surface area contributed by atoms with Gasteiger partial charge in [-0.1, -0.05) is 13.8 Å². The average molecular weight is 279 g/mol. The zero-order valence-electron chi connectivity index (χ0n) is 13.0. The Kier molecular flexibility index (Phi) is 4.18. The lowest BCUT2D eigenvalue weighted by molar-refractivity contribution is -0.145. The highest BCUT2D eigenvalue weighted by molar-refractivity contribution is 5.77. The quantitative estimate of drug-likeness (QED) is 0.806. The molecule has 5 heteroatoms. The molecule has 0 saturated heterocycles. The van der Waals surface area contributed by atoms with Gasteiger partial charge in [-0.3, -0.25) is 4.79 Å². The molecule has 0 amide bonds. The molecule has 3 atom stereocenters. The van der Waals surface area contributed by atoms with Crippen LogP contribution in [0, 0.1) is 17.3 Å². The summed E-state index contributed by atoms with van der Waals surface area (Å²) in [4.78, 5) is 16.3. The van der Waals surface area contributed by atoms with Crippen LogP contribution in [-0.2, 0) is 23.1 Å². The fraction of sp³-hybridized carbons (Fsp3) is 0.733. The summed E-state index contributed by atoms with van der Waals surface area (Å²) in [6.45, 7) is 9.43. The van der Waals surface area contributed by atoms with Gasteiger partial charge in [0.05, 0.1) is 19.1 Å². The van der Waals surface area contributed by atoms with Crippen LogP contribution in [0.1, 0.15) is 33.5 Å². The number of aromatic nitrogens is 2. The molecule has 1 aromatic heterocycles. The zero-order valence-corrected chi connectivity index (χ0v) is 13.0. The maximum absolute atomic E-state index is 12.0. The molecule has 0 radical (unpaired) electrons. The number of esters is 1. The van der Waals surface area contributed by atoms with Crippen molar-refractivity contribution in [3.8, 4) is 0 Å². The van der Waals surface area contributed by atoms with Crippen LogP contribution in [0.4, 0.5) is 0 Å². The zero-order chi connectivity index (χ0) is 14.9. The van der Waals surface area contributed by atoms with Crippen LogP contribution < -0.4 is 5.32 Å². The van der Waals surface area contributed by atoms with Crippen LogP contribution in [0.25, 0.3) is 0 Å². The number of ether oxygens (including phenoxy) is 1. The molecule has 0 aliphatic heterocycles. The average Bonchev–Trinajstić information content (AvgIpc) is 2.73. The van der Waals surface area contributed by atoms with E-state index < -0.39 is 0 Å². The first-order valence-corrected chi connectivity index (χ1v) is 7.25. The van der Waals surface area contributed by atoms with Gasteiger partial charge in [-0.25, -0.2) is 4.98 Å². The predicted molar refractivity (Wildman–Crippen MR) is 76.9 cm³/mol. The summed E-state index contributed by atoms with van der Waals surface area (Å²) in [7, 11) is 1.98. The first-order chi connectivity index (χ1) is 9.39. The number of carbonyl (C=O) groups is 1. The van der Waals surface area contributed by atoms with Crippen LogP contribution in [0.2, 0.25) is 0 Å². The summed E-state index contributed by atoms with van der Waals surface area (Å²) in [6, 6.07) is 0.260. The van der Waals surface area contributed by atoms with Crippen molar-refractivity contribution in [2.24, 2.45) is 24.3 Å². The van der Waals surface area contributed by atoms with E-state index >= 15 is 0 Å². The van der Waals surface area contributed by atoms with Crippen molar-refractivity contribution >= 4 is 5.97 Å². The lowest BCUT2D eigenvalue weighted by atomic mass is 10.1. The summed E-state index contributed by atoms with van der Waals surface area (Å²) in [5, 5.41) is 3.48. The van der Waals surface area contributed by atoms with E-state index in [-0.39, 0.29) is 23.3 Å². The highest BCUT2D eigenvalue weighted by Gasteiger charge is 2.64. The van der Waals surface area contributed by atoms with E-state index in [2.05, 4.69) is 31.1 Å². The third kappa shape index (κ3) is 2.73. The molecule has 1 aliphatic rings. The summed E-state index contributed by atoms with van der Waals surface area (Å²) in [6.07, 6.45) is 3.73. The number of imidazole rings is 1. The standard InChI is InChI=1S/C15H25N3O2/c1-6-20-14(19)13-12(15(13,3)4)10(2)17-9-11-16-7-8-18(11)5/h7-8,10,12-13,17H,6,9H2,1-5H3/t10?,12-,13+/m1/s1. The Labute approximate surface area is 120 Å². The van der Waals surface area contributed by atoms with Crippen LogP contribution in [0.5, 0.6) is 0 Å². The van der Waals surface area contributed by atoms with Gasteiger partial charge in [0.1, 0.15) is 5.82 Å². The Hall–Kier alpha value is -1.36. The smallest absolute Gasteiger partial charge is 0.309 e. The topological polar surface area (TPSA) is 56.1 Å². The Morgan fingerprint density at radius 2 is 2.30 bits per heavy atom. The van der Waals surface area contributed by atoms with Crippen molar-refractivity contribution < 1.29 is 9.53 Å². The summed E-state index contributed by atoms with van der Waals surface area (Å²) < 4.78 is 7.17. The van der Waals surface area contributed by atoms with E-state index in [0.717, 1.165) is 5.82 Å². The monoisotopic (exact) mass is 279 g/mol. The first-order valence-electron chi connectivity index (χ1n) is 7.25. The van der Waals surface area contributed by atoms with Crippen molar-refractivity contribution in [2.75, 3.05) is 6.61 Å². The minimum Gasteiger partial charge on any atom is -0.466 e. The minimum atomic E-state index is -0.0619. The molecule has 1 heterocycles. The fourth-order valence-electron chi connectivity index (χ4n) is 3.24. The Morgan fingerprint density at radius 3 is 2.85 bits per heavy atom. The van der Waals surface area contributed by atoms with E-state index in [1.165, 1.54) is 0 Å². The lowest BCUT2D eigenvalue weighted by Gasteiger charge is -2.15. The van der Waals surface area contributed by atoms with Gasteiger partial charge in [-0.2, -0.15) is 0 Å². The Morgan fingerprint density at radius 1 is 1.60 bits per heavy atom. The normalized spacial score (nSPS) is 25.2. The molecule has 1 unspecified atom stereocenters. The number of hydrogen-bond donors (Lipinski definition) is 1. The number of carbonyl (C=O) groups excluding carboxylic acids is 1. The van der Waals surface area contributed by atoms with Crippen molar-refractivity contribution in [1.29, 1.82) is 0 Å². The molecule has 2 rings (SSSR count). The largest absolute Gasteiger partial charge is 0.466 e. The number of hydrogen-bond acceptors (Lipinski definition) is 4.